The van der Waals surface area contributed by atoms with Gasteiger partial charge in [-0.2, -0.15) is 18.3 Å². The number of likely N-dealkylation sites (N-methyl/N-ethyl adjacent to an activating group) is 1. The highest BCUT2D eigenvalue weighted by molar-refractivity contribution is 5.82. The summed E-state index contributed by atoms with van der Waals surface area (Å²) in [5, 5.41) is 3.85. The molecule has 1 atom stereocenters. The predicted molar refractivity (Wildman–Crippen MR) is 58.4 cm³/mol. The van der Waals surface area contributed by atoms with Gasteiger partial charge in [-0.15, -0.1) is 0 Å². The third kappa shape index (κ3) is 4.02. The van der Waals surface area contributed by atoms with Crippen LogP contribution in [-0.2, 0) is 11.8 Å². The standard InChI is InChI=1S/C10H15F3N4O/c1-16(4-3-10(11,12)13)9(18)8(14)7-5-15-17(2)6-7/h5-6,8H,3-4,14H2,1-2H3. The average Bonchev–Trinajstić information content (AvgIpc) is 2.69. The number of alkyl halides is 3. The molecule has 0 aromatic carbocycles. The van der Waals surface area contributed by atoms with Crippen LogP contribution in [0.2, 0.25) is 0 Å². The van der Waals surface area contributed by atoms with Crippen molar-refractivity contribution in [3.05, 3.63) is 18.0 Å². The van der Waals surface area contributed by atoms with Crippen molar-refractivity contribution >= 4 is 5.91 Å². The summed E-state index contributed by atoms with van der Waals surface area (Å²) >= 11 is 0. The Kier molecular flexibility index (Phi) is 4.33. The van der Waals surface area contributed by atoms with Crippen molar-refractivity contribution in [1.29, 1.82) is 0 Å². The lowest BCUT2D eigenvalue weighted by molar-refractivity contribution is -0.144. The Labute approximate surface area is 102 Å². The molecule has 1 amide bonds. The largest absolute Gasteiger partial charge is 0.390 e. The number of hydrogen-bond donors (Lipinski definition) is 1. The normalized spacial score (nSPS) is 13.4. The van der Waals surface area contributed by atoms with E-state index in [-0.39, 0.29) is 0 Å². The van der Waals surface area contributed by atoms with Crippen LogP contribution < -0.4 is 5.73 Å². The van der Waals surface area contributed by atoms with Gasteiger partial charge in [0.2, 0.25) is 5.91 Å². The van der Waals surface area contributed by atoms with E-state index in [1.54, 1.807) is 13.2 Å². The third-order valence-corrected chi connectivity index (χ3v) is 2.46. The topological polar surface area (TPSA) is 64.2 Å². The van der Waals surface area contributed by atoms with Gasteiger partial charge in [-0.3, -0.25) is 9.48 Å². The van der Waals surface area contributed by atoms with E-state index < -0.39 is 31.1 Å². The summed E-state index contributed by atoms with van der Waals surface area (Å²) in [6.45, 7) is -0.406. The second kappa shape index (κ2) is 5.38. The SMILES string of the molecule is CN(CCC(F)(F)F)C(=O)C(N)c1cnn(C)c1. The summed E-state index contributed by atoms with van der Waals surface area (Å²) in [4.78, 5) is 12.7. The average molecular weight is 264 g/mol. The Hall–Kier alpha value is -1.57. The molecule has 102 valence electrons. The fraction of sp³-hybridized carbons (Fsp3) is 0.600. The van der Waals surface area contributed by atoms with Gasteiger partial charge in [-0.05, 0) is 0 Å². The number of nitrogens with zero attached hydrogens (tertiary/aromatic N) is 3. The lowest BCUT2D eigenvalue weighted by atomic mass is 10.1. The first-order chi connectivity index (χ1) is 8.20. The van der Waals surface area contributed by atoms with Crippen LogP contribution >= 0.6 is 0 Å². The van der Waals surface area contributed by atoms with Crippen molar-refractivity contribution in [2.75, 3.05) is 13.6 Å². The molecule has 18 heavy (non-hydrogen) atoms. The molecule has 1 aromatic rings. The minimum Gasteiger partial charge on any atom is -0.344 e. The summed E-state index contributed by atoms with van der Waals surface area (Å²) in [5.74, 6) is -0.563. The van der Waals surface area contributed by atoms with E-state index in [1.807, 2.05) is 0 Å². The van der Waals surface area contributed by atoms with E-state index >= 15 is 0 Å². The van der Waals surface area contributed by atoms with Crippen LogP contribution in [-0.4, -0.2) is 40.4 Å². The van der Waals surface area contributed by atoms with Crippen LogP contribution in [0.25, 0.3) is 0 Å². The Morgan fingerprint density at radius 2 is 2.22 bits per heavy atom. The highest BCUT2D eigenvalue weighted by Crippen LogP contribution is 2.20. The van der Waals surface area contributed by atoms with Gasteiger partial charge in [-0.1, -0.05) is 0 Å². The smallest absolute Gasteiger partial charge is 0.344 e. The summed E-state index contributed by atoms with van der Waals surface area (Å²) in [5.41, 5.74) is 6.14. The second-order valence-electron chi connectivity index (χ2n) is 4.05. The van der Waals surface area contributed by atoms with Gasteiger partial charge in [0.05, 0.1) is 12.6 Å². The molecule has 1 aromatic heterocycles. The minimum absolute atomic E-state index is 0.406. The Balaban J connectivity index is 2.58. The van der Waals surface area contributed by atoms with Crippen molar-refractivity contribution in [2.45, 2.75) is 18.6 Å². The number of hydrogen-bond acceptors (Lipinski definition) is 3. The molecule has 0 bridgehead atoms. The van der Waals surface area contributed by atoms with E-state index in [0.717, 1.165) is 4.90 Å². The first kappa shape index (κ1) is 14.5. The van der Waals surface area contributed by atoms with Gasteiger partial charge in [0, 0.05) is 32.4 Å². The van der Waals surface area contributed by atoms with Crippen molar-refractivity contribution in [1.82, 2.24) is 14.7 Å². The molecule has 0 radical (unpaired) electrons. The van der Waals surface area contributed by atoms with Gasteiger partial charge >= 0.3 is 6.18 Å². The van der Waals surface area contributed by atoms with E-state index in [9.17, 15) is 18.0 Å². The van der Waals surface area contributed by atoms with Crippen LogP contribution in [0.15, 0.2) is 12.4 Å². The maximum Gasteiger partial charge on any atom is 0.390 e. The zero-order valence-corrected chi connectivity index (χ0v) is 10.1. The molecule has 8 heteroatoms. The third-order valence-electron chi connectivity index (χ3n) is 2.46. The van der Waals surface area contributed by atoms with Gasteiger partial charge in [0.1, 0.15) is 6.04 Å². The van der Waals surface area contributed by atoms with E-state index in [2.05, 4.69) is 5.10 Å². The number of carbonyl (C=O) groups excluding carboxylic acids is 1. The molecule has 0 spiro atoms. The lowest BCUT2D eigenvalue weighted by Gasteiger charge is -2.21. The molecule has 2 N–H and O–H groups in total. The monoisotopic (exact) mass is 264 g/mol. The number of amides is 1. The Morgan fingerprint density at radius 1 is 1.61 bits per heavy atom. The van der Waals surface area contributed by atoms with Crippen molar-refractivity contribution in [2.24, 2.45) is 12.8 Å². The molecule has 5 nitrogen and oxygen atoms in total. The number of aromatic nitrogens is 2. The van der Waals surface area contributed by atoms with Gasteiger partial charge in [0.15, 0.2) is 0 Å². The summed E-state index contributed by atoms with van der Waals surface area (Å²) in [6.07, 6.45) is -2.36. The van der Waals surface area contributed by atoms with Crippen molar-refractivity contribution in [3.63, 3.8) is 0 Å². The molecule has 0 saturated carbocycles. The Morgan fingerprint density at radius 3 is 2.67 bits per heavy atom. The number of halogens is 3. The van der Waals surface area contributed by atoms with Crippen molar-refractivity contribution < 1.29 is 18.0 Å². The fourth-order valence-electron chi connectivity index (χ4n) is 1.39. The first-order valence-corrected chi connectivity index (χ1v) is 5.26. The van der Waals surface area contributed by atoms with E-state index in [1.165, 1.54) is 17.9 Å². The summed E-state index contributed by atoms with van der Waals surface area (Å²) in [6, 6.07) is -0.989. The molecular weight excluding hydrogens is 249 g/mol. The summed E-state index contributed by atoms with van der Waals surface area (Å²) in [7, 11) is 2.96. The number of nitrogens with two attached hydrogens (primary N) is 1. The molecule has 0 fully saturated rings. The molecule has 1 unspecified atom stereocenters. The van der Waals surface area contributed by atoms with Crippen LogP contribution in [0.5, 0.6) is 0 Å². The van der Waals surface area contributed by atoms with Crippen LogP contribution in [0.4, 0.5) is 13.2 Å². The summed E-state index contributed by atoms with van der Waals surface area (Å²) < 4.78 is 37.5. The number of aryl methyl sites for hydroxylation is 1. The quantitative estimate of drug-likeness (QED) is 0.876. The van der Waals surface area contributed by atoms with Crippen molar-refractivity contribution in [3.8, 4) is 0 Å². The predicted octanol–water partition coefficient (Wildman–Crippen LogP) is 0.831. The zero-order chi connectivity index (χ0) is 13.9. The molecular formula is C10H15F3N4O. The van der Waals surface area contributed by atoms with Crippen LogP contribution in [0, 0.1) is 0 Å². The van der Waals surface area contributed by atoms with Gasteiger partial charge in [-0.25, -0.2) is 0 Å². The highest BCUT2D eigenvalue weighted by Gasteiger charge is 2.29. The fourth-order valence-corrected chi connectivity index (χ4v) is 1.39. The maximum atomic E-state index is 12.0. The molecule has 0 aliphatic rings. The van der Waals surface area contributed by atoms with Gasteiger partial charge in [0.25, 0.3) is 0 Å². The number of rotatable bonds is 4. The van der Waals surface area contributed by atoms with Crippen LogP contribution in [0.1, 0.15) is 18.0 Å². The Bertz CT molecular complexity index is 416. The van der Waals surface area contributed by atoms with E-state index in [4.69, 9.17) is 5.73 Å². The molecule has 0 saturated heterocycles. The second-order valence-corrected chi connectivity index (χ2v) is 4.05. The maximum absolute atomic E-state index is 12.0. The van der Waals surface area contributed by atoms with E-state index in [0.29, 0.717) is 5.56 Å². The minimum atomic E-state index is -4.28. The molecule has 1 heterocycles. The molecule has 1 rings (SSSR count). The molecule has 0 aliphatic heterocycles. The van der Waals surface area contributed by atoms with Crippen LogP contribution in [0.3, 0.4) is 0 Å². The highest BCUT2D eigenvalue weighted by atomic mass is 19.4. The lowest BCUT2D eigenvalue weighted by Crippen LogP contribution is -2.37. The van der Waals surface area contributed by atoms with Gasteiger partial charge < -0.3 is 10.6 Å². The first-order valence-electron chi connectivity index (χ1n) is 5.26. The number of carbonyl (C=O) groups is 1. The molecule has 0 aliphatic carbocycles. The zero-order valence-electron chi connectivity index (χ0n) is 10.1.